The maximum atomic E-state index is 10.5. The minimum absolute atomic E-state index is 0.0207. The van der Waals surface area contributed by atoms with E-state index in [1.165, 1.54) is 17.4 Å². The fourth-order valence-electron chi connectivity index (χ4n) is 1.19. The second kappa shape index (κ2) is 2.74. The predicted molar refractivity (Wildman–Crippen MR) is 53.3 cm³/mol. The topological polar surface area (TPSA) is 63.3 Å². The van der Waals surface area contributed by atoms with Crippen LogP contribution in [0.15, 0.2) is 17.5 Å². The van der Waals surface area contributed by atoms with E-state index in [-0.39, 0.29) is 5.75 Å². The smallest absolute Gasteiger partial charge is 0.153 e. The van der Waals surface area contributed by atoms with E-state index in [0.29, 0.717) is 17.5 Å². The third kappa shape index (κ3) is 1.15. The number of benzene rings is 1. The second-order valence-corrected chi connectivity index (χ2v) is 3.63. The van der Waals surface area contributed by atoms with Crippen LogP contribution in [0, 0.1) is 0 Å². The summed E-state index contributed by atoms with van der Waals surface area (Å²) in [5.74, 6) is -0.0207. The van der Waals surface area contributed by atoms with Crippen LogP contribution in [0.3, 0.4) is 0 Å². The van der Waals surface area contributed by atoms with E-state index < -0.39 is 0 Å². The summed E-state index contributed by atoms with van der Waals surface area (Å²) in [5.41, 5.74) is 6.58. The summed E-state index contributed by atoms with van der Waals surface area (Å²) in [6.07, 6.45) is 0.630. The average Bonchev–Trinajstić information content (AvgIpc) is 2.47. The van der Waals surface area contributed by atoms with Gasteiger partial charge in [0.05, 0.1) is 11.3 Å². The first-order valence-electron chi connectivity index (χ1n) is 3.67. The Morgan fingerprint density at radius 2 is 2.23 bits per heavy atom. The van der Waals surface area contributed by atoms with Gasteiger partial charge in [0, 0.05) is 15.5 Å². The minimum atomic E-state index is -0.0207. The Morgan fingerprint density at radius 1 is 1.46 bits per heavy atom. The van der Waals surface area contributed by atoms with Crippen molar-refractivity contribution in [3.63, 3.8) is 0 Å². The Hall–Kier alpha value is -1.55. The lowest BCUT2D eigenvalue weighted by Gasteiger charge is -1.97. The Kier molecular flexibility index (Phi) is 1.70. The van der Waals surface area contributed by atoms with Gasteiger partial charge >= 0.3 is 0 Å². The summed E-state index contributed by atoms with van der Waals surface area (Å²) >= 11 is 1.46. The van der Waals surface area contributed by atoms with Crippen LogP contribution in [-0.4, -0.2) is 11.4 Å². The normalized spacial score (nSPS) is 10.5. The zero-order valence-corrected chi connectivity index (χ0v) is 7.47. The molecule has 0 fully saturated rings. The summed E-state index contributed by atoms with van der Waals surface area (Å²) in [6, 6.07) is 3.16. The van der Waals surface area contributed by atoms with Crippen LogP contribution >= 0.6 is 11.3 Å². The van der Waals surface area contributed by atoms with E-state index in [0.717, 1.165) is 10.1 Å². The molecule has 66 valence electrons. The van der Waals surface area contributed by atoms with Crippen molar-refractivity contribution in [1.29, 1.82) is 0 Å². The fourth-order valence-corrected chi connectivity index (χ4v) is 2.07. The summed E-state index contributed by atoms with van der Waals surface area (Å²) in [5, 5.41) is 12.0. The molecule has 0 atom stereocenters. The van der Waals surface area contributed by atoms with Crippen molar-refractivity contribution < 1.29 is 9.90 Å². The van der Waals surface area contributed by atoms with Crippen LogP contribution in [0.1, 0.15) is 10.4 Å². The predicted octanol–water partition coefficient (Wildman–Crippen LogP) is 2.00. The van der Waals surface area contributed by atoms with E-state index in [1.807, 2.05) is 0 Å². The van der Waals surface area contributed by atoms with E-state index >= 15 is 0 Å². The lowest BCUT2D eigenvalue weighted by molar-refractivity contribution is 0.112. The van der Waals surface area contributed by atoms with Crippen molar-refractivity contribution in [3.05, 3.63) is 23.1 Å². The number of hydrogen-bond donors (Lipinski definition) is 2. The molecule has 1 heterocycles. The first-order valence-corrected chi connectivity index (χ1v) is 4.55. The summed E-state index contributed by atoms with van der Waals surface area (Å²) < 4.78 is 0.914. The molecule has 0 aliphatic rings. The van der Waals surface area contributed by atoms with Gasteiger partial charge in [-0.05, 0) is 12.1 Å². The second-order valence-electron chi connectivity index (χ2n) is 2.72. The first kappa shape index (κ1) is 8.07. The molecule has 1 aromatic heterocycles. The monoisotopic (exact) mass is 193 g/mol. The number of nitrogen functional groups attached to an aromatic ring is 1. The summed E-state index contributed by atoms with van der Waals surface area (Å²) in [4.78, 5) is 10.5. The van der Waals surface area contributed by atoms with Crippen molar-refractivity contribution in [2.75, 3.05) is 5.73 Å². The van der Waals surface area contributed by atoms with Gasteiger partial charge in [-0.1, -0.05) is 0 Å². The molecular weight excluding hydrogens is 186 g/mol. The number of nitrogens with two attached hydrogens (primary N) is 1. The van der Waals surface area contributed by atoms with E-state index in [4.69, 9.17) is 5.73 Å². The maximum absolute atomic E-state index is 10.5. The lowest BCUT2D eigenvalue weighted by Crippen LogP contribution is -1.83. The quantitative estimate of drug-likeness (QED) is 0.681. The zero-order chi connectivity index (χ0) is 9.42. The van der Waals surface area contributed by atoms with E-state index in [1.54, 1.807) is 11.4 Å². The number of phenols is 1. The van der Waals surface area contributed by atoms with Crippen LogP contribution in [0.2, 0.25) is 0 Å². The van der Waals surface area contributed by atoms with Gasteiger partial charge in [-0.3, -0.25) is 4.79 Å². The molecule has 3 N–H and O–H groups in total. The molecule has 0 saturated heterocycles. The largest absolute Gasteiger partial charge is 0.507 e. The molecule has 0 unspecified atom stereocenters. The third-order valence-corrected chi connectivity index (χ3v) is 2.84. The molecule has 3 nitrogen and oxygen atoms in total. The van der Waals surface area contributed by atoms with Gasteiger partial charge in [-0.25, -0.2) is 0 Å². The highest BCUT2D eigenvalue weighted by Gasteiger charge is 2.06. The highest BCUT2D eigenvalue weighted by atomic mass is 32.1. The number of carbonyl (C=O) groups excluding carboxylic acids is 1. The molecule has 2 rings (SSSR count). The van der Waals surface area contributed by atoms with Gasteiger partial charge in [-0.2, -0.15) is 0 Å². The van der Waals surface area contributed by atoms with Gasteiger partial charge in [0.1, 0.15) is 5.75 Å². The number of hydrogen-bond acceptors (Lipinski definition) is 4. The van der Waals surface area contributed by atoms with Crippen molar-refractivity contribution in [3.8, 4) is 5.75 Å². The Balaban J connectivity index is 2.83. The van der Waals surface area contributed by atoms with Gasteiger partial charge in [0.2, 0.25) is 0 Å². The molecule has 0 spiro atoms. The SMILES string of the molecule is Nc1csc2cc(C=O)c(O)cc12. The molecule has 0 amide bonds. The highest BCUT2D eigenvalue weighted by Crippen LogP contribution is 2.32. The van der Waals surface area contributed by atoms with Gasteiger partial charge in [0.15, 0.2) is 6.29 Å². The van der Waals surface area contributed by atoms with Crippen LogP contribution in [0.25, 0.3) is 10.1 Å². The lowest BCUT2D eigenvalue weighted by atomic mass is 10.1. The van der Waals surface area contributed by atoms with Crippen molar-refractivity contribution in [2.45, 2.75) is 0 Å². The van der Waals surface area contributed by atoms with Crippen molar-refractivity contribution in [1.82, 2.24) is 0 Å². The number of anilines is 1. The van der Waals surface area contributed by atoms with Crippen LogP contribution in [0.4, 0.5) is 5.69 Å². The Bertz CT molecular complexity index is 476. The average molecular weight is 193 g/mol. The molecular formula is C9H7NO2S. The third-order valence-electron chi connectivity index (χ3n) is 1.88. The number of fused-ring (bicyclic) bond motifs is 1. The number of aromatic hydroxyl groups is 1. The molecule has 4 heteroatoms. The molecule has 0 aliphatic carbocycles. The minimum Gasteiger partial charge on any atom is -0.507 e. The standard InChI is InChI=1S/C9H7NO2S/c10-7-4-13-9-1-5(3-11)8(12)2-6(7)9/h1-4,12H,10H2. The zero-order valence-electron chi connectivity index (χ0n) is 6.65. The van der Waals surface area contributed by atoms with E-state index in [9.17, 15) is 9.90 Å². The number of carbonyl (C=O) groups is 1. The summed E-state index contributed by atoms with van der Waals surface area (Å²) in [7, 11) is 0. The molecule has 0 saturated carbocycles. The van der Waals surface area contributed by atoms with Crippen LogP contribution in [-0.2, 0) is 0 Å². The van der Waals surface area contributed by atoms with Crippen LogP contribution in [0.5, 0.6) is 5.75 Å². The number of thiophene rings is 1. The van der Waals surface area contributed by atoms with Crippen molar-refractivity contribution in [2.24, 2.45) is 0 Å². The fraction of sp³-hybridized carbons (Fsp3) is 0. The van der Waals surface area contributed by atoms with Crippen LogP contribution < -0.4 is 5.73 Å². The number of phenolic OH excluding ortho intramolecular Hbond substituents is 1. The van der Waals surface area contributed by atoms with E-state index in [2.05, 4.69) is 0 Å². The molecule has 0 aliphatic heterocycles. The molecule has 2 aromatic rings. The molecule has 13 heavy (non-hydrogen) atoms. The Labute approximate surface area is 78.4 Å². The van der Waals surface area contributed by atoms with Crippen molar-refractivity contribution >= 4 is 33.4 Å². The first-order chi connectivity index (χ1) is 6.22. The Morgan fingerprint density at radius 3 is 2.92 bits per heavy atom. The van der Waals surface area contributed by atoms with Gasteiger partial charge < -0.3 is 10.8 Å². The number of rotatable bonds is 1. The highest BCUT2D eigenvalue weighted by molar-refractivity contribution is 7.17. The van der Waals surface area contributed by atoms with Gasteiger partial charge in [-0.15, -0.1) is 11.3 Å². The maximum Gasteiger partial charge on any atom is 0.153 e. The van der Waals surface area contributed by atoms with Gasteiger partial charge in [0.25, 0.3) is 0 Å². The molecule has 1 aromatic carbocycles. The molecule has 0 radical (unpaired) electrons. The summed E-state index contributed by atoms with van der Waals surface area (Å²) in [6.45, 7) is 0. The molecule has 0 bridgehead atoms. The number of aldehydes is 1.